The van der Waals surface area contributed by atoms with Crippen molar-refractivity contribution in [2.75, 3.05) is 12.0 Å². The molecule has 6 heteroatoms. The number of ether oxygens (including phenoxy) is 1. The van der Waals surface area contributed by atoms with Gasteiger partial charge in [-0.2, -0.15) is 0 Å². The van der Waals surface area contributed by atoms with Crippen LogP contribution in [0.3, 0.4) is 0 Å². The Morgan fingerprint density at radius 1 is 1.00 bits per heavy atom. The first-order valence-electron chi connectivity index (χ1n) is 10.3. The fourth-order valence-corrected chi connectivity index (χ4v) is 4.86. The number of amides is 1. The summed E-state index contributed by atoms with van der Waals surface area (Å²) in [6.07, 6.45) is 1.74. The molecule has 0 N–H and O–H groups in total. The summed E-state index contributed by atoms with van der Waals surface area (Å²) in [5.41, 5.74) is 3.30. The fourth-order valence-electron chi connectivity index (χ4n) is 3.82. The minimum Gasteiger partial charge on any atom is -0.494 e. The molecule has 2 heterocycles. The Balaban J connectivity index is 1.67. The molecule has 5 nitrogen and oxygen atoms in total. The van der Waals surface area contributed by atoms with E-state index in [1.54, 1.807) is 18.2 Å². The Kier molecular flexibility index (Phi) is 5.29. The number of fused-ring (bicyclic) bond motifs is 2. The molecule has 0 unspecified atom stereocenters. The Morgan fingerprint density at radius 2 is 1.81 bits per heavy atom. The molecular formula is C26H21N3O2S. The van der Waals surface area contributed by atoms with E-state index in [0.29, 0.717) is 23.0 Å². The van der Waals surface area contributed by atoms with E-state index < -0.39 is 0 Å². The summed E-state index contributed by atoms with van der Waals surface area (Å²) < 4.78 is 6.54. The number of hydrogen-bond acceptors (Lipinski definition) is 5. The molecule has 158 valence electrons. The molecule has 5 rings (SSSR count). The third-order valence-electron chi connectivity index (χ3n) is 5.45. The first-order chi connectivity index (χ1) is 15.7. The van der Waals surface area contributed by atoms with Gasteiger partial charge in [0.25, 0.3) is 5.91 Å². The molecule has 0 atom stereocenters. The van der Waals surface area contributed by atoms with Gasteiger partial charge in [0.2, 0.25) is 0 Å². The van der Waals surface area contributed by atoms with Crippen molar-refractivity contribution in [3.8, 4) is 5.75 Å². The quantitative estimate of drug-likeness (QED) is 0.337. The molecule has 0 bridgehead atoms. The van der Waals surface area contributed by atoms with E-state index in [0.717, 1.165) is 32.2 Å². The molecule has 0 aliphatic heterocycles. The lowest BCUT2D eigenvalue weighted by atomic mass is 10.0. The summed E-state index contributed by atoms with van der Waals surface area (Å²) in [6, 6.07) is 23.4. The number of aromatic nitrogens is 2. The van der Waals surface area contributed by atoms with Crippen molar-refractivity contribution < 1.29 is 9.53 Å². The number of carbonyl (C=O) groups excluding carboxylic acids is 1. The first-order valence-corrected chi connectivity index (χ1v) is 11.1. The molecule has 0 radical (unpaired) electrons. The molecule has 32 heavy (non-hydrogen) atoms. The number of hydrogen-bond donors (Lipinski definition) is 0. The van der Waals surface area contributed by atoms with Crippen molar-refractivity contribution in [3.05, 3.63) is 95.8 Å². The monoisotopic (exact) mass is 439 g/mol. The predicted octanol–water partition coefficient (Wildman–Crippen LogP) is 6.01. The average Bonchev–Trinajstić information content (AvgIpc) is 3.29. The summed E-state index contributed by atoms with van der Waals surface area (Å²) >= 11 is 1.50. The minimum atomic E-state index is -0.108. The molecule has 0 saturated heterocycles. The van der Waals surface area contributed by atoms with Crippen LogP contribution in [0.15, 0.2) is 79.0 Å². The van der Waals surface area contributed by atoms with Crippen LogP contribution in [0.2, 0.25) is 0 Å². The van der Waals surface area contributed by atoms with E-state index in [2.05, 4.69) is 4.98 Å². The highest BCUT2D eigenvalue weighted by Gasteiger charge is 2.25. The maximum Gasteiger partial charge on any atom is 0.261 e. The molecule has 1 amide bonds. The second kappa shape index (κ2) is 8.40. The summed E-state index contributed by atoms with van der Waals surface area (Å²) in [4.78, 5) is 24.9. The highest BCUT2D eigenvalue weighted by atomic mass is 32.1. The Labute approximate surface area is 189 Å². The Hall–Kier alpha value is -3.77. The van der Waals surface area contributed by atoms with Crippen LogP contribution < -0.4 is 9.64 Å². The van der Waals surface area contributed by atoms with Gasteiger partial charge in [0.15, 0.2) is 5.13 Å². The summed E-state index contributed by atoms with van der Waals surface area (Å²) in [6.45, 7) is 2.36. The van der Waals surface area contributed by atoms with Crippen LogP contribution >= 0.6 is 11.3 Å². The van der Waals surface area contributed by atoms with Gasteiger partial charge in [-0.1, -0.05) is 59.9 Å². The number of carbonyl (C=O) groups is 1. The first kappa shape index (κ1) is 20.2. The zero-order valence-corrected chi connectivity index (χ0v) is 18.6. The number of nitrogens with zero attached hydrogens (tertiary/aromatic N) is 3. The van der Waals surface area contributed by atoms with Gasteiger partial charge in [0, 0.05) is 11.8 Å². The SMILES string of the molecule is COc1ccc(C)c2sc(N(Cc3ccccn3)C(=O)c3cccc4ccccc34)nc12. The van der Waals surface area contributed by atoms with Crippen LogP contribution in [0.4, 0.5) is 5.13 Å². The lowest BCUT2D eigenvalue weighted by molar-refractivity contribution is 0.0986. The van der Waals surface area contributed by atoms with Gasteiger partial charge in [-0.05, 0) is 47.5 Å². The van der Waals surface area contributed by atoms with Crippen LogP contribution in [0.1, 0.15) is 21.6 Å². The molecule has 0 saturated carbocycles. The summed E-state index contributed by atoms with van der Waals surface area (Å²) in [5.74, 6) is 0.589. The fraction of sp³-hybridized carbons (Fsp3) is 0.115. The minimum absolute atomic E-state index is 0.108. The van der Waals surface area contributed by atoms with Gasteiger partial charge in [-0.15, -0.1) is 0 Å². The maximum atomic E-state index is 13.9. The van der Waals surface area contributed by atoms with Gasteiger partial charge >= 0.3 is 0 Å². The van der Waals surface area contributed by atoms with Gasteiger partial charge in [0.05, 0.1) is 24.0 Å². The van der Waals surface area contributed by atoms with Crippen LogP contribution in [0.5, 0.6) is 5.75 Å². The van der Waals surface area contributed by atoms with Gasteiger partial charge in [-0.25, -0.2) is 4.98 Å². The van der Waals surface area contributed by atoms with E-state index >= 15 is 0 Å². The number of rotatable bonds is 5. The number of pyridine rings is 1. The normalized spacial score (nSPS) is 11.1. The van der Waals surface area contributed by atoms with Gasteiger partial charge < -0.3 is 4.74 Å². The smallest absolute Gasteiger partial charge is 0.261 e. The van der Waals surface area contributed by atoms with Crippen LogP contribution in [-0.2, 0) is 6.54 Å². The summed E-state index contributed by atoms with van der Waals surface area (Å²) in [7, 11) is 1.63. The van der Waals surface area contributed by atoms with E-state index in [9.17, 15) is 4.79 Å². The molecule has 0 aliphatic carbocycles. The van der Waals surface area contributed by atoms with Gasteiger partial charge in [0.1, 0.15) is 11.3 Å². The van der Waals surface area contributed by atoms with Crippen LogP contribution in [-0.4, -0.2) is 23.0 Å². The third-order valence-corrected chi connectivity index (χ3v) is 6.67. The second-order valence-electron chi connectivity index (χ2n) is 7.50. The zero-order chi connectivity index (χ0) is 22.1. The number of thiazole rings is 1. The number of anilines is 1. The van der Waals surface area contributed by atoms with E-state index in [1.165, 1.54) is 11.3 Å². The highest BCUT2D eigenvalue weighted by Crippen LogP contribution is 2.37. The van der Waals surface area contributed by atoms with Gasteiger partial charge in [-0.3, -0.25) is 14.7 Å². The zero-order valence-electron chi connectivity index (χ0n) is 17.8. The molecule has 0 fully saturated rings. The topological polar surface area (TPSA) is 55.3 Å². The molecule has 3 aromatic carbocycles. The van der Waals surface area contributed by atoms with Crippen molar-refractivity contribution in [3.63, 3.8) is 0 Å². The van der Waals surface area contributed by atoms with E-state index in [1.807, 2.05) is 79.7 Å². The molecule has 2 aromatic heterocycles. The van der Waals surface area contributed by atoms with Crippen LogP contribution in [0.25, 0.3) is 21.0 Å². The number of methoxy groups -OCH3 is 1. The van der Waals surface area contributed by atoms with E-state index in [4.69, 9.17) is 9.72 Å². The number of benzene rings is 3. The molecule has 0 spiro atoms. The predicted molar refractivity (Wildman–Crippen MR) is 130 cm³/mol. The Bertz CT molecular complexity index is 1420. The van der Waals surface area contributed by atoms with Crippen molar-refractivity contribution in [1.82, 2.24) is 9.97 Å². The molecule has 5 aromatic rings. The standard InChI is InChI=1S/C26H21N3O2S/c1-17-13-14-22(31-2)23-24(17)32-26(28-23)29(16-19-10-5-6-15-27-19)25(30)21-12-7-9-18-8-3-4-11-20(18)21/h3-15H,16H2,1-2H3. The lowest BCUT2D eigenvalue weighted by Gasteiger charge is -2.20. The van der Waals surface area contributed by atoms with Crippen molar-refractivity contribution in [1.29, 1.82) is 0 Å². The highest BCUT2D eigenvalue weighted by molar-refractivity contribution is 7.22. The average molecular weight is 440 g/mol. The molecule has 0 aliphatic rings. The Morgan fingerprint density at radius 3 is 2.62 bits per heavy atom. The maximum absolute atomic E-state index is 13.9. The van der Waals surface area contributed by atoms with E-state index in [-0.39, 0.29) is 5.91 Å². The third kappa shape index (κ3) is 3.59. The lowest BCUT2D eigenvalue weighted by Crippen LogP contribution is -2.30. The second-order valence-corrected chi connectivity index (χ2v) is 8.48. The number of aryl methyl sites for hydroxylation is 1. The van der Waals surface area contributed by atoms with Crippen LogP contribution in [0, 0.1) is 6.92 Å². The van der Waals surface area contributed by atoms with Crippen molar-refractivity contribution in [2.45, 2.75) is 13.5 Å². The summed E-state index contributed by atoms with van der Waals surface area (Å²) in [5, 5.41) is 2.56. The van der Waals surface area contributed by atoms with Crippen molar-refractivity contribution in [2.24, 2.45) is 0 Å². The molecular weight excluding hydrogens is 418 g/mol. The largest absolute Gasteiger partial charge is 0.494 e. The van der Waals surface area contributed by atoms with Crippen molar-refractivity contribution >= 4 is 43.4 Å².